The zero-order chi connectivity index (χ0) is 14.7. The van der Waals surface area contributed by atoms with Crippen LogP contribution in [0.1, 0.15) is 25.5 Å². The second kappa shape index (κ2) is 5.36. The van der Waals surface area contributed by atoms with E-state index in [1.807, 2.05) is 19.9 Å². The quantitative estimate of drug-likeness (QED) is 0.675. The van der Waals surface area contributed by atoms with Crippen molar-refractivity contribution >= 4 is 17.2 Å². The van der Waals surface area contributed by atoms with Gasteiger partial charge in [-0.2, -0.15) is 10.4 Å². The van der Waals surface area contributed by atoms with Gasteiger partial charge in [-0.05, 0) is 13.8 Å². The van der Waals surface area contributed by atoms with Crippen LogP contribution in [0, 0.1) is 21.4 Å². The Balaban J connectivity index is 2.33. The molecule has 2 aromatic heterocycles. The highest BCUT2D eigenvalue weighted by molar-refractivity contribution is 5.65. The standard InChI is InChI=1S/C12H12N6O2/c1-8(2)17-7-10(6-15-17)16-12-11(18(19)20)3-9(4-13)5-14-12/h3,5-8H,1-2H3,(H,14,16). The van der Waals surface area contributed by atoms with E-state index in [9.17, 15) is 10.1 Å². The van der Waals surface area contributed by atoms with E-state index in [1.165, 1.54) is 12.3 Å². The minimum Gasteiger partial charge on any atom is -0.332 e. The van der Waals surface area contributed by atoms with E-state index < -0.39 is 4.92 Å². The number of anilines is 2. The second-order valence-electron chi connectivity index (χ2n) is 4.39. The van der Waals surface area contributed by atoms with Crippen LogP contribution in [0.4, 0.5) is 17.2 Å². The van der Waals surface area contributed by atoms with Crippen LogP contribution in [0.15, 0.2) is 24.7 Å². The second-order valence-corrected chi connectivity index (χ2v) is 4.39. The predicted octanol–water partition coefficient (Wildman–Crippen LogP) is 2.38. The molecule has 0 spiro atoms. The Bertz CT molecular complexity index is 685. The van der Waals surface area contributed by atoms with Crippen LogP contribution in [0.3, 0.4) is 0 Å². The summed E-state index contributed by atoms with van der Waals surface area (Å²) in [6.07, 6.45) is 4.57. The van der Waals surface area contributed by atoms with Crippen molar-refractivity contribution in [3.63, 3.8) is 0 Å². The minimum atomic E-state index is -0.580. The van der Waals surface area contributed by atoms with Crippen LogP contribution in [0.5, 0.6) is 0 Å². The van der Waals surface area contributed by atoms with Gasteiger partial charge < -0.3 is 5.32 Å². The Hall–Kier alpha value is -2.95. The first-order valence-corrected chi connectivity index (χ1v) is 5.87. The molecule has 2 rings (SSSR count). The van der Waals surface area contributed by atoms with Crippen molar-refractivity contribution in [2.45, 2.75) is 19.9 Å². The van der Waals surface area contributed by atoms with Crippen LogP contribution in [-0.4, -0.2) is 19.7 Å². The molecule has 0 bridgehead atoms. The highest BCUT2D eigenvalue weighted by atomic mass is 16.6. The summed E-state index contributed by atoms with van der Waals surface area (Å²) in [5.74, 6) is 0.0808. The van der Waals surface area contributed by atoms with E-state index in [4.69, 9.17) is 5.26 Å². The monoisotopic (exact) mass is 272 g/mol. The van der Waals surface area contributed by atoms with Gasteiger partial charge in [0, 0.05) is 24.5 Å². The van der Waals surface area contributed by atoms with Gasteiger partial charge in [-0.25, -0.2) is 4.98 Å². The lowest BCUT2D eigenvalue weighted by atomic mass is 10.2. The lowest BCUT2D eigenvalue weighted by Crippen LogP contribution is -2.01. The number of pyridine rings is 1. The number of nitriles is 1. The minimum absolute atomic E-state index is 0.0808. The van der Waals surface area contributed by atoms with Crippen molar-refractivity contribution in [1.82, 2.24) is 14.8 Å². The van der Waals surface area contributed by atoms with E-state index >= 15 is 0 Å². The first kappa shape index (κ1) is 13.5. The fourth-order valence-electron chi connectivity index (χ4n) is 1.57. The molecule has 2 heterocycles. The number of aromatic nitrogens is 3. The largest absolute Gasteiger partial charge is 0.332 e. The number of nitro groups is 1. The maximum absolute atomic E-state index is 11.0. The first-order chi connectivity index (χ1) is 9.51. The Morgan fingerprint density at radius 1 is 1.50 bits per heavy atom. The van der Waals surface area contributed by atoms with Gasteiger partial charge in [-0.15, -0.1) is 0 Å². The van der Waals surface area contributed by atoms with E-state index in [0.717, 1.165) is 0 Å². The van der Waals surface area contributed by atoms with Crippen molar-refractivity contribution in [3.05, 3.63) is 40.3 Å². The van der Waals surface area contributed by atoms with Gasteiger partial charge in [0.15, 0.2) is 0 Å². The summed E-state index contributed by atoms with van der Waals surface area (Å²) in [5.41, 5.74) is 0.487. The fourth-order valence-corrected chi connectivity index (χ4v) is 1.57. The molecule has 1 N–H and O–H groups in total. The number of rotatable bonds is 4. The van der Waals surface area contributed by atoms with Gasteiger partial charge in [0.2, 0.25) is 5.82 Å². The molecule has 2 aromatic rings. The number of hydrogen-bond donors (Lipinski definition) is 1. The van der Waals surface area contributed by atoms with Crippen molar-refractivity contribution in [2.24, 2.45) is 0 Å². The van der Waals surface area contributed by atoms with E-state index in [2.05, 4.69) is 15.4 Å². The Morgan fingerprint density at radius 3 is 2.80 bits per heavy atom. The Morgan fingerprint density at radius 2 is 2.25 bits per heavy atom. The normalized spacial score (nSPS) is 10.3. The highest BCUT2D eigenvalue weighted by Gasteiger charge is 2.17. The molecule has 0 radical (unpaired) electrons. The Kier molecular flexibility index (Phi) is 3.61. The molecule has 0 fully saturated rings. The van der Waals surface area contributed by atoms with Gasteiger partial charge in [0.05, 0.1) is 22.4 Å². The average Bonchev–Trinajstić information content (AvgIpc) is 2.87. The summed E-state index contributed by atoms with van der Waals surface area (Å²) in [4.78, 5) is 14.3. The van der Waals surface area contributed by atoms with Crippen molar-refractivity contribution in [3.8, 4) is 6.07 Å². The average molecular weight is 272 g/mol. The zero-order valence-electron chi connectivity index (χ0n) is 10.9. The summed E-state index contributed by atoms with van der Waals surface area (Å²) < 4.78 is 1.72. The zero-order valence-corrected chi connectivity index (χ0v) is 10.9. The molecule has 8 heteroatoms. The van der Waals surface area contributed by atoms with Gasteiger partial charge >= 0.3 is 5.69 Å². The molecule has 8 nitrogen and oxygen atoms in total. The van der Waals surface area contributed by atoms with Crippen molar-refractivity contribution < 1.29 is 4.92 Å². The van der Waals surface area contributed by atoms with Crippen LogP contribution in [-0.2, 0) is 0 Å². The molecule has 20 heavy (non-hydrogen) atoms. The predicted molar refractivity (Wildman–Crippen MR) is 71.5 cm³/mol. The summed E-state index contributed by atoms with van der Waals surface area (Å²) in [6.45, 7) is 3.94. The molecule has 0 aliphatic heterocycles. The first-order valence-electron chi connectivity index (χ1n) is 5.87. The van der Waals surface area contributed by atoms with E-state index in [1.54, 1.807) is 17.1 Å². The van der Waals surface area contributed by atoms with Gasteiger partial charge in [0.25, 0.3) is 0 Å². The highest BCUT2D eigenvalue weighted by Crippen LogP contribution is 2.26. The maximum atomic E-state index is 11.0. The molecular weight excluding hydrogens is 260 g/mol. The van der Waals surface area contributed by atoms with Crippen LogP contribution in [0.25, 0.3) is 0 Å². The molecular formula is C12H12N6O2. The maximum Gasteiger partial charge on any atom is 0.313 e. The molecule has 0 amide bonds. The van der Waals surface area contributed by atoms with Crippen LogP contribution >= 0.6 is 0 Å². The molecule has 102 valence electrons. The van der Waals surface area contributed by atoms with E-state index in [-0.39, 0.29) is 23.1 Å². The number of hydrogen-bond acceptors (Lipinski definition) is 6. The lowest BCUT2D eigenvalue weighted by Gasteiger charge is -2.05. The third-order valence-corrected chi connectivity index (χ3v) is 2.59. The smallest absolute Gasteiger partial charge is 0.313 e. The molecule has 0 saturated carbocycles. The third kappa shape index (κ3) is 2.72. The summed E-state index contributed by atoms with van der Waals surface area (Å²) in [5, 5.41) is 26.7. The number of nitrogens with one attached hydrogen (secondary N) is 1. The summed E-state index contributed by atoms with van der Waals surface area (Å²) in [7, 11) is 0. The summed E-state index contributed by atoms with van der Waals surface area (Å²) >= 11 is 0. The molecule has 0 aliphatic carbocycles. The molecule has 0 atom stereocenters. The van der Waals surface area contributed by atoms with Crippen LogP contribution in [0.2, 0.25) is 0 Å². The lowest BCUT2D eigenvalue weighted by molar-refractivity contribution is -0.384. The van der Waals surface area contributed by atoms with Gasteiger partial charge in [-0.3, -0.25) is 14.8 Å². The topological polar surface area (TPSA) is 110 Å². The van der Waals surface area contributed by atoms with Gasteiger partial charge in [-0.1, -0.05) is 0 Å². The summed E-state index contributed by atoms with van der Waals surface area (Å²) in [6, 6.07) is 3.19. The Labute approximate surface area is 114 Å². The molecule has 0 unspecified atom stereocenters. The SMILES string of the molecule is CC(C)n1cc(Nc2ncc(C#N)cc2[N+](=O)[O-])cn1. The molecule has 0 aliphatic rings. The van der Waals surface area contributed by atoms with Crippen molar-refractivity contribution in [1.29, 1.82) is 5.26 Å². The molecule has 0 aromatic carbocycles. The number of nitrogens with zero attached hydrogens (tertiary/aromatic N) is 5. The fraction of sp³-hybridized carbons (Fsp3) is 0.250. The molecule has 0 saturated heterocycles. The van der Waals surface area contributed by atoms with Gasteiger partial charge in [0.1, 0.15) is 6.07 Å². The third-order valence-electron chi connectivity index (χ3n) is 2.59. The van der Waals surface area contributed by atoms with Crippen LogP contribution < -0.4 is 5.32 Å². The van der Waals surface area contributed by atoms with E-state index in [0.29, 0.717) is 5.69 Å². The van der Waals surface area contributed by atoms with Crippen molar-refractivity contribution in [2.75, 3.05) is 5.32 Å².